The van der Waals surface area contributed by atoms with E-state index in [1.54, 1.807) is 13.8 Å². The highest BCUT2D eigenvalue weighted by molar-refractivity contribution is 5.90. The van der Waals surface area contributed by atoms with Crippen LogP contribution in [0.4, 0.5) is 5.69 Å². The molecule has 0 aliphatic carbocycles. The molecule has 0 aromatic carbocycles. The third-order valence-corrected chi connectivity index (χ3v) is 2.10. The van der Waals surface area contributed by atoms with Crippen molar-refractivity contribution in [3.63, 3.8) is 0 Å². The van der Waals surface area contributed by atoms with E-state index >= 15 is 0 Å². The molecule has 82 valence electrons. The minimum atomic E-state index is -0.283. The van der Waals surface area contributed by atoms with Gasteiger partial charge in [-0.05, 0) is 19.4 Å². The van der Waals surface area contributed by atoms with Crippen molar-refractivity contribution < 1.29 is 9.90 Å². The van der Waals surface area contributed by atoms with Crippen LogP contribution >= 0.6 is 0 Å². The number of aromatic nitrogens is 1. The van der Waals surface area contributed by atoms with E-state index in [2.05, 4.69) is 5.32 Å². The topological polar surface area (TPSA) is 71.3 Å². The van der Waals surface area contributed by atoms with Gasteiger partial charge in [-0.3, -0.25) is 14.2 Å². The first-order chi connectivity index (χ1) is 6.97. The van der Waals surface area contributed by atoms with Crippen molar-refractivity contribution in [3.8, 4) is 5.88 Å². The summed E-state index contributed by atoms with van der Waals surface area (Å²) in [6, 6.07) is 1.38. The largest absolute Gasteiger partial charge is 0.493 e. The van der Waals surface area contributed by atoms with E-state index in [-0.39, 0.29) is 17.3 Å². The summed E-state index contributed by atoms with van der Waals surface area (Å²) in [6.07, 6.45) is 0. The molecule has 0 radical (unpaired) electrons. The molecule has 0 unspecified atom stereocenters. The summed E-state index contributed by atoms with van der Waals surface area (Å²) >= 11 is 0. The van der Waals surface area contributed by atoms with Crippen LogP contribution in [0.5, 0.6) is 5.88 Å². The first-order valence-corrected chi connectivity index (χ1v) is 4.68. The second kappa shape index (κ2) is 4.16. The van der Waals surface area contributed by atoms with Crippen LogP contribution in [-0.2, 0) is 11.3 Å². The summed E-state index contributed by atoms with van der Waals surface area (Å²) in [5.74, 6) is -0.479. The molecule has 1 heterocycles. The summed E-state index contributed by atoms with van der Waals surface area (Å²) in [4.78, 5) is 22.3. The van der Waals surface area contributed by atoms with Crippen molar-refractivity contribution in [2.75, 3.05) is 5.32 Å². The Hall–Kier alpha value is -1.78. The van der Waals surface area contributed by atoms with Crippen molar-refractivity contribution in [2.45, 2.75) is 27.3 Å². The number of aromatic hydroxyl groups is 1. The van der Waals surface area contributed by atoms with Crippen LogP contribution in [0.1, 0.15) is 19.4 Å². The Morgan fingerprint density at radius 1 is 1.60 bits per heavy atom. The standard InChI is InChI=1S/C10H14N2O3/c1-4-12-8(14)5-6(2)9(10(12)15)11-7(3)13/h5,15H,4H2,1-3H3,(H,11,13). The molecule has 5 nitrogen and oxygen atoms in total. The van der Waals surface area contributed by atoms with Crippen LogP contribution in [0.25, 0.3) is 0 Å². The lowest BCUT2D eigenvalue weighted by Crippen LogP contribution is -2.21. The quantitative estimate of drug-likeness (QED) is 0.759. The number of aryl methyl sites for hydroxylation is 1. The number of pyridine rings is 1. The third kappa shape index (κ3) is 2.18. The number of rotatable bonds is 2. The van der Waals surface area contributed by atoms with Gasteiger partial charge in [-0.25, -0.2) is 0 Å². The molecular formula is C10H14N2O3. The molecule has 0 aliphatic heterocycles. The average Bonchev–Trinajstić information content (AvgIpc) is 2.12. The molecule has 0 fully saturated rings. The Balaban J connectivity index is 3.38. The summed E-state index contributed by atoms with van der Waals surface area (Å²) in [5.41, 5.74) is 0.572. The number of hydrogen-bond donors (Lipinski definition) is 2. The predicted molar refractivity (Wildman–Crippen MR) is 57.1 cm³/mol. The fourth-order valence-electron chi connectivity index (χ4n) is 1.39. The first kappa shape index (κ1) is 11.3. The van der Waals surface area contributed by atoms with Gasteiger partial charge in [-0.2, -0.15) is 0 Å². The van der Waals surface area contributed by atoms with Gasteiger partial charge in [0, 0.05) is 19.5 Å². The molecule has 0 saturated heterocycles. The molecule has 1 aromatic rings. The molecular weight excluding hydrogens is 196 g/mol. The van der Waals surface area contributed by atoms with Crippen molar-refractivity contribution in [1.29, 1.82) is 0 Å². The van der Waals surface area contributed by atoms with Gasteiger partial charge in [0.2, 0.25) is 11.8 Å². The van der Waals surface area contributed by atoms with E-state index in [0.29, 0.717) is 17.8 Å². The highest BCUT2D eigenvalue weighted by Gasteiger charge is 2.12. The first-order valence-electron chi connectivity index (χ1n) is 4.68. The zero-order valence-corrected chi connectivity index (χ0v) is 9.00. The summed E-state index contributed by atoms with van der Waals surface area (Å²) in [5, 5.41) is 12.2. The summed E-state index contributed by atoms with van der Waals surface area (Å²) in [6.45, 7) is 5.11. The zero-order valence-electron chi connectivity index (χ0n) is 9.00. The van der Waals surface area contributed by atoms with Crippen molar-refractivity contribution in [3.05, 3.63) is 22.0 Å². The van der Waals surface area contributed by atoms with Crippen molar-refractivity contribution in [2.24, 2.45) is 0 Å². The van der Waals surface area contributed by atoms with Gasteiger partial charge in [0.05, 0.1) is 0 Å². The second-order valence-electron chi connectivity index (χ2n) is 3.29. The van der Waals surface area contributed by atoms with Crippen molar-refractivity contribution in [1.82, 2.24) is 4.57 Å². The van der Waals surface area contributed by atoms with Crippen LogP contribution in [-0.4, -0.2) is 15.6 Å². The Labute approximate surface area is 87.4 Å². The number of nitrogens with one attached hydrogen (secondary N) is 1. The lowest BCUT2D eigenvalue weighted by Gasteiger charge is -2.12. The van der Waals surface area contributed by atoms with E-state index in [1.165, 1.54) is 17.6 Å². The number of hydrogen-bond acceptors (Lipinski definition) is 3. The smallest absolute Gasteiger partial charge is 0.253 e. The molecule has 1 aromatic heterocycles. The summed E-state index contributed by atoms with van der Waals surface area (Å²) < 4.78 is 1.19. The molecule has 0 bridgehead atoms. The normalized spacial score (nSPS) is 10.1. The van der Waals surface area contributed by atoms with Gasteiger partial charge in [-0.1, -0.05) is 0 Å². The average molecular weight is 210 g/mol. The molecule has 0 atom stereocenters. The maximum atomic E-state index is 11.4. The number of anilines is 1. The number of amides is 1. The molecule has 2 N–H and O–H groups in total. The minimum absolute atomic E-state index is 0.197. The Morgan fingerprint density at radius 3 is 2.67 bits per heavy atom. The van der Waals surface area contributed by atoms with Gasteiger partial charge in [-0.15, -0.1) is 0 Å². The Kier molecular flexibility index (Phi) is 3.14. The molecule has 5 heteroatoms. The van der Waals surface area contributed by atoms with E-state index < -0.39 is 0 Å². The van der Waals surface area contributed by atoms with Crippen LogP contribution in [0.15, 0.2) is 10.9 Å². The summed E-state index contributed by atoms with van der Waals surface area (Å²) in [7, 11) is 0. The van der Waals surface area contributed by atoms with Crippen LogP contribution in [0.3, 0.4) is 0 Å². The van der Waals surface area contributed by atoms with Gasteiger partial charge in [0.15, 0.2) is 0 Å². The Bertz CT molecular complexity index is 449. The van der Waals surface area contributed by atoms with Crippen LogP contribution < -0.4 is 10.9 Å². The fourth-order valence-corrected chi connectivity index (χ4v) is 1.39. The van der Waals surface area contributed by atoms with E-state index in [9.17, 15) is 14.7 Å². The molecule has 0 aliphatic rings. The highest BCUT2D eigenvalue weighted by atomic mass is 16.3. The Morgan fingerprint density at radius 2 is 2.20 bits per heavy atom. The highest BCUT2D eigenvalue weighted by Crippen LogP contribution is 2.24. The molecule has 1 rings (SSSR count). The van der Waals surface area contributed by atoms with Crippen molar-refractivity contribution >= 4 is 11.6 Å². The minimum Gasteiger partial charge on any atom is -0.493 e. The number of nitrogens with zero attached hydrogens (tertiary/aromatic N) is 1. The van der Waals surface area contributed by atoms with Gasteiger partial charge >= 0.3 is 0 Å². The van der Waals surface area contributed by atoms with Crippen LogP contribution in [0.2, 0.25) is 0 Å². The van der Waals surface area contributed by atoms with E-state index in [4.69, 9.17) is 0 Å². The molecule has 0 spiro atoms. The van der Waals surface area contributed by atoms with Gasteiger partial charge in [0.1, 0.15) is 5.69 Å². The lowest BCUT2D eigenvalue weighted by atomic mass is 10.2. The molecule has 0 saturated carbocycles. The lowest BCUT2D eigenvalue weighted by molar-refractivity contribution is -0.114. The number of carbonyl (C=O) groups is 1. The zero-order chi connectivity index (χ0) is 11.6. The van der Waals surface area contributed by atoms with Gasteiger partial charge < -0.3 is 10.4 Å². The van der Waals surface area contributed by atoms with E-state index in [0.717, 1.165) is 0 Å². The monoisotopic (exact) mass is 210 g/mol. The second-order valence-corrected chi connectivity index (χ2v) is 3.29. The molecule has 1 amide bonds. The van der Waals surface area contributed by atoms with E-state index in [1.807, 2.05) is 0 Å². The maximum Gasteiger partial charge on any atom is 0.253 e. The fraction of sp³-hybridized carbons (Fsp3) is 0.400. The maximum absolute atomic E-state index is 11.4. The predicted octanol–water partition coefficient (Wildman–Crippen LogP) is 0.841. The number of carbonyl (C=O) groups excluding carboxylic acids is 1. The molecule has 15 heavy (non-hydrogen) atoms. The van der Waals surface area contributed by atoms with Crippen LogP contribution in [0, 0.1) is 6.92 Å². The third-order valence-electron chi connectivity index (χ3n) is 2.10. The van der Waals surface area contributed by atoms with Gasteiger partial charge in [0.25, 0.3) is 5.56 Å². The SMILES string of the molecule is CCn1c(O)c(NC(C)=O)c(C)cc1=O.